The van der Waals surface area contributed by atoms with E-state index in [-0.39, 0.29) is 16.7 Å². The number of nitrogens with one attached hydrogen (secondary N) is 1. The van der Waals surface area contributed by atoms with Crippen molar-refractivity contribution in [2.45, 2.75) is 46.1 Å². The Bertz CT molecular complexity index is 500. The predicted molar refractivity (Wildman–Crippen MR) is 84.9 cm³/mol. The molecule has 1 aromatic rings. The van der Waals surface area contributed by atoms with E-state index in [2.05, 4.69) is 36.0 Å². The molecule has 6 nitrogen and oxygen atoms in total. The molecule has 0 amide bonds. The fourth-order valence-electron chi connectivity index (χ4n) is 2.27. The Morgan fingerprint density at radius 3 is 2.71 bits per heavy atom. The molecule has 21 heavy (non-hydrogen) atoms. The molecule has 1 aliphatic rings. The molecule has 0 bridgehead atoms. The largest absolute Gasteiger partial charge is 0.370 e. The summed E-state index contributed by atoms with van der Waals surface area (Å²) in [6.07, 6.45) is 3.42. The second-order valence-corrected chi connectivity index (χ2v) is 5.91. The molecule has 1 saturated carbocycles. The molecule has 1 N–H and O–H groups in total. The van der Waals surface area contributed by atoms with Gasteiger partial charge in [-0.15, -0.1) is 0 Å². The maximum atomic E-state index is 11.3. The van der Waals surface area contributed by atoms with Crippen molar-refractivity contribution in [3.05, 3.63) is 22.2 Å². The van der Waals surface area contributed by atoms with Crippen molar-refractivity contribution in [1.29, 1.82) is 0 Å². The SMILES string of the molecule is CCCNc1ccc([N+](=O)[O-])c(N(CC2CC2)C(C)C)n1. The van der Waals surface area contributed by atoms with Crippen LogP contribution >= 0.6 is 0 Å². The van der Waals surface area contributed by atoms with Crippen molar-refractivity contribution in [2.75, 3.05) is 23.3 Å². The van der Waals surface area contributed by atoms with Crippen molar-refractivity contribution < 1.29 is 4.92 Å². The lowest BCUT2D eigenvalue weighted by atomic mass is 10.2. The van der Waals surface area contributed by atoms with Gasteiger partial charge >= 0.3 is 5.69 Å². The Labute approximate surface area is 125 Å². The van der Waals surface area contributed by atoms with Crippen LogP contribution in [-0.4, -0.2) is 29.0 Å². The van der Waals surface area contributed by atoms with Gasteiger partial charge in [0.1, 0.15) is 5.82 Å². The van der Waals surface area contributed by atoms with Gasteiger partial charge in [-0.1, -0.05) is 6.92 Å². The minimum atomic E-state index is -0.339. The summed E-state index contributed by atoms with van der Waals surface area (Å²) in [5.74, 6) is 1.85. The summed E-state index contributed by atoms with van der Waals surface area (Å²) in [5.41, 5.74) is 0.0893. The number of anilines is 2. The summed E-state index contributed by atoms with van der Waals surface area (Å²) in [6, 6.07) is 3.44. The fourth-order valence-corrected chi connectivity index (χ4v) is 2.27. The van der Waals surface area contributed by atoms with Crippen molar-refractivity contribution in [3.63, 3.8) is 0 Å². The van der Waals surface area contributed by atoms with Crippen LogP contribution in [0.15, 0.2) is 12.1 Å². The maximum Gasteiger partial charge on any atom is 0.311 e. The zero-order valence-corrected chi connectivity index (χ0v) is 13.0. The lowest BCUT2D eigenvalue weighted by Gasteiger charge is -2.27. The minimum absolute atomic E-state index is 0.0893. The molecule has 0 atom stereocenters. The first-order valence-corrected chi connectivity index (χ1v) is 7.68. The molecule has 1 aliphatic carbocycles. The van der Waals surface area contributed by atoms with E-state index in [0.717, 1.165) is 19.5 Å². The number of nitro groups is 1. The molecule has 0 unspecified atom stereocenters. The van der Waals surface area contributed by atoms with E-state index in [1.165, 1.54) is 12.8 Å². The van der Waals surface area contributed by atoms with Crippen molar-refractivity contribution in [3.8, 4) is 0 Å². The van der Waals surface area contributed by atoms with Gasteiger partial charge in [0, 0.05) is 25.2 Å². The number of nitrogens with zero attached hydrogens (tertiary/aromatic N) is 3. The zero-order valence-electron chi connectivity index (χ0n) is 13.0. The summed E-state index contributed by atoms with van der Waals surface area (Å²) < 4.78 is 0. The normalized spacial score (nSPS) is 14.3. The molecule has 2 rings (SSSR count). The third kappa shape index (κ3) is 4.06. The maximum absolute atomic E-state index is 11.3. The topological polar surface area (TPSA) is 71.3 Å². The molecular formula is C15H24N4O2. The first-order valence-electron chi connectivity index (χ1n) is 7.68. The predicted octanol–water partition coefficient (Wildman–Crippen LogP) is 3.44. The summed E-state index contributed by atoms with van der Waals surface area (Å²) in [7, 11) is 0. The fraction of sp³-hybridized carbons (Fsp3) is 0.667. The number of hydrogen-bond donors (Lipinski definition) is 1. The summed E-state index contributed by atoms with van der Waals surface area (Å²) in [4.78, 5) is 17.5. The third-order valence-electron chi connectivity index (χ3n) is 3.65. The molecule has 1 aromatic heterocycles. The van der Waals surface area contributed by atoms with Gasteiger partial charge in [0.05, 0.1) is 4.92 Å². The Kier molecular flexibility index (Phi) is 4.98. The molecule has 0 spiro atoms. The van der Waals surface area contributed by atoms with Crippen LogP contribution in [0.5, 0.6) is 0 Å². The Balaban J connectivity index is 2.32. The molecule has 1 fully saturated rings. The van der Waals surface area contributed by atoms with Gasteiger partial charge in [0.15, 0.2) is 0 Å². The van der Waals surface area contributed by atoms with Crippen molar-refractivity contribution in [1.82, 2.24) is 4.98 Å². The van der Waals surface area contributed by atoms with Crippen molar-refractivity contribution >= 4 is 17.3 Å². The molecule has 116 valence electrons. The summed E-state index contributed by atoms with van der Waals surface area (Å²) in [6.45, 7) is 7.85. The highest BCUT2D eigenvalue weighted by Crippen LogP contribution is 2.35. The van der Waals surface area contributed by atoms with Gasteiger partial charge in [-0.3, -0.25) is 10.1 Å². The van der Waals surface area contributed by atoms with E-state index in [1.807, 2.05) is 0 Å². The highest BCUT2D eigenvalue weighted by Gasteiger charge is 2.30. The molecular weight excluding hydrogens is 268 g/mol. The highest BCUT2D eigenvalue weighted by atomic mass is 16.6. The van der Waals surface area contributed by atoms with E-state index in [1.54, 1.807) is 12.1 Å². The standard InChI is InChI=1S/C15H24N4O2/c1-4-9-16-14-8-7-13(19(20)21)15(17-14)18(11(2)3)10-12-5-6-12/h7-8,11-12H,4-6,9-10H2,1-3H3,(H,16,17). The molecule has 1 heterocycles. The summed E-state index contributed by atoms with van der Waals surface area (Å²) in [5, 5.41) is 14.5. The van der Waals surface area contributed by atoms with E-state index < -0.39 is 0 Å². The number of hydrogen-bond acceptors (Lipinski definition) is 5. The molecule has 0 saturated heterocycles. The summed E-state index contributed by atoms with van der Waals surface area (Å²) >= 11 is 0. The number of aromatic nitrogens is 1. The second kappa shape index (κ2) is 6.74. The van der Waals surface area contributed by atoms with Gasteiger partial charge in [-0.25, -0.2) is 4.98 Å². The lowest BCUT2D eigenvalue weighted by molar-refractivity contribution is -0.384. The zero-order chi connectivity index (χ0) is 15.4. The van der Waals surface area contributed by atoms with Crippen LogP contribution in [-0.2, 0) is 0 Å². The molecule has 6 heteroatoms. The van der Waals surface area contributed by atoms with Crippen LogP contribution in [0, 0.1) is 16.0 Å². The van der Waals surface area contributed by atoms with Gasteiger partial charge in [-0.05, 0) is 45.1 Å². The lowest BCUT2D eigenvalue weighted by Crippen LogP contribution is -2.34. The monoisotopic (exact) mass is 292 g/mol. The average Bonchev–Trinajstić information content (AvgIpc) is 3.25. The van der Waals surface area contributed by atoms with Crippen LogP contribution in [0.25, 0.3) is 0 Å². The third-order valence-corrected chi connectivity index (χ3v) is 3.65. The van der Waals surface area contributed by atoms with E-state index in [4.69, 9.17) is 0 Å². The highest BCUT2D eigenvalue weighted by molar-refractivity contribution is 5.62. The molecule has 0 aliphatic heterocycles. The van der Waals surface area contributed by atoms with Gasteiger partial charge in [-0.2, -0.15) is 0 Å². The Hall–Kier alpha value is -1.85. The van der Waals surface area contributed by atoms with Gasteiger partial charge in [0.25, 0.3) is 0 Å². The Morgan fingerprint density at radius 2 is 2.19 bits per heavy atom. The molecule has 0 radical (unpaired) electrons. The second-order valence-electron chi connectivity index (χ2n) is 5.91. The average molecular weight is 292 g/mol. The van der Waals surface area contributed by atoms with Crippen LogP contribution in [0.2, 0.25) is 0 Å². The van der Waals surface area contributed by atoms with E-state index >= 15 is 0 Å². The smallest absolute Gasteiger partial charge is 0.311 e. The van der Waals surface area contributed by atoms with Gasteiger partial charge < -0.3 is 10.2 Å². The van der Waals surface area contributed by atoms with Crippen LogP contribution < -0.4 is 10.2 Å². The Morgan fingerprint density at radius 1 is 1.48 bits per heavy atom. The van der Waals surface area contributed by atoms with Crippen LogP contribution in [0.4, 0.5) is 17.3 Å². The van der Waals surface area contributed by atoms with Crippen LogP contribution in [0.3, 0.4) is 0 Å². The van der Waals surface area contributed by atoms with Gasteiger partial charge in [0.2, 0.25) is 5.82 Å². The quantitative estimate of drug-likeness (QED) is 0.587. The molecule has 0 aromatic carbocycles. The van der Waals surface area contributed by atoms with Crippen LogP contribution in [0.1, 0.15) is 40.0 Å². The number of rotatable bonds is 8. The van der Waals surface area contributed by atoms with E-state index in [9.17, 15) is 10.1 Å². The first kappa shape index (κ1) is 15.5. The first-order chi connectivity index (χ1) is 10.0. The number of pyridine rings is 1. The van der Waals surface area contributed by atoms with E-state index in [0.29, 0.717) is 17.6 Å². The minimum Gasteiger partial charge on any atom is -0.370 e. The van der Waals surface area contributed by atoms with Crippen molar-refractivity contribution in [2.24, 2.45) is 5.92 Å².